The number of ether oxygens (including phenoxy) is 3. The normalized spacial score (nSPS) is 14.8. The van der Waals surface area contributed by atoms with Crippen LogP contribution in [-0.4, -0.2) is 95.9 Å². The first-order valence-corrected chi connectivity index (χ1v) is 42.8. The minimum atomic E-state index is -4.95. The van der Waals surface area contributed by atoms with Crippen LogP contribution in [0.2, 0.25) is 0 Å². The molecule has 0 saturated heterocycles. The molecule has 5 unspecified atom stereocenters. The molecule has 0 aromatic heterocycles. The molecule has 0 heterocycles. The van der Waals surface area contributed by atoms with E-state index < -0.39 is 91.5 Å². The van der Waals surface area contributed by atoms with Crippen molar-refractivity contribution in [3.05, 3.63) is 158 Å². The Morgan fingerprint density at radius 3 is 0.816 bits per heavy atom. The number of hydrogen-bond donors (Lipinski definition) is 4. The molecule has 0 aliphatic carbocycles. The molecule has 588 valence electrons. The molecular formula is C85H142O16P2. The first-order chi connectivity index (χ1) is 50.2. The monoisotopic (exact) mass is 1480 g/mol. The summed E-state index contributed by atoms with van der Waals surface area (Å²) in [6, 6.07) is 0. The molecule has 4 N–H and O–H groups in total. The molecule has 0 fully saturated rings. The Bertz CT molecular complexity index is 2500. The molecular weight excluding hydrogens is 1340 g/mol. The lowest BCUT2D eigenvalue weighted by atomic mass is 10.0. The Morgan fingerprint density at radius 2 is 0.515 bits per heavy atom. The maximum absolute atomic E-state index is 13.0. The van der Waals surface area contributed by atoms with Crippen LogP contribution in [0, 0.1) is 0 Å². The second kappa shape index (κ2) is 76.8. The van der Waals surface area contributed by atoms with Gasteiger partial charge in [-0.05, 0) is 148 Å². The minimum Gasteiger partial charge on any atom is -0.463 e. The molecule has 0 aromatic rings. The van der Waals surface area contributed by atoms with E-state index in [-0.39, 0.29) is 19.3 Å². The Labute approximate surface area is 625 Å². The van der Waals surface area contributed by atoms with Gasteiger partial charge in [-0.15, -0.1) is 0 Å². The zero-order valence-corrected chi connectivity index (χ0v) is 66.0. The summed E-state index contributed by atoms with van der Waals surface area (Å²) in [6.45, 7) is 2.39. The van der Waals surface area contributed by atoms with E-state index in [1.165, 1.54) is 70.6 Å². The third-order valence-electron chi connectivity index (χ3n) is 16.2. The van der Waals surface area contributed by atoms with Crippen LogP contribution in [0.1, 0.15) is 303 Å². The lowest BCUT2D eigenvalue weighted by Crippen LogP contribution is -2.30. The van der Waals surface area contributed by atoms with Crippen molar-refractivity contribution < 1.29 is 75.8 Å². The second-order valence-corrected chi connectivity index (χ2v) is 29.0. The Morgan fingerprint density at radius 1 is 0.282 bits per heavy atom. The fourth-order valence-electron chi connectivity index (χ4n) is 10.2. The van der Waals surface area contributed by atoms with E-state index in [9.17, 15) is 43.5 Å². The SMILES string of the molecule is CC/C=C\C/C=C\C/C=C\C/C=C\C/C=C\CCCCCCCCCCCCCC(=O)OCC(O)COP(=O)(O)OCC(O)COP(=O)(O)OCC(COC(=O)CCCCCCC/C=C\C/C=C\C/C=C\C/C=C\CCCCC)OC(=O)CCCCCCCC/C=C\C/C=C\C/C=C\C/C=C\CC. The molecule has 0 aliphatic rings. The van der Waals surface area contributed by atoms with Gasteiger partial charge in [0.15, 0.2) is 6.10 Å². The lowest BCUT2D eigenvalue weighted by Gasteiger charge is -2.21. The molecule has 0 aliphatic heterocycles. The van der Waals surface area contributed by atoms with E-state index in [4.69, 9.17) is 32.3 Å². The van der Waals surface area contributed by atoms with Crippen LogP contribution in [0.25, 0.3) is 0 Å². The van der Waals surface area contributed by atoms with Crippen LogP contribution in [0.4, 0.5) is 0 Å². The largest absolute Gasteiger partial charge is 0.472 e. The van der Waals surface area contributed by atoms with Crippen molar-refractivity contribution in [3.8, 4) is 0 Å². The van der Waals surface area contributed by atoms with E-state index in [0.717, 1.165) is 173 Å². The predicted octanol–water partition coefficient (Wildman–Crippen LogP) is 23.4. The van der Waals surface area contributed by atoms with E-state index in [2.05, 4.69) is 179 Å². The van der Waals surface area contributed by atoms with Gasteiger partial charge in [0.05, 0.1) is 26.4 Å². The zero-order chi connectivity index (χ0) is 75.2. The summed E-state index contributed by atoms with van der Waals surface area (Å²) in [5.74, 6) is -1.62. The number of phosphoric acid groups is 2. The maximum Gasteiger partial charge on any atom is 0.472 e. The number of unbranched alkanes of at least 4 members (excludes halogenated alkanes) is 25. The number of carbonyl (C=O) groups is 3. The van der Waals surface area contributed by atoms with Gasteiger partial charge in [-0.3, -0.25) is 32.5 Å². The summed E-state index contributed by atoms with van der Waals surface area (Å²) < 4.78 is 61.2. The number of hydrogen-bond acceptors (Lipinski definition) is 14. The van der Waals surface area contributed by atoms with E-state index in [0.29, 0.717) is 19.3 Å². The number of aliphatic hydroxyl groups is 2. The summed E-state index contributed by atoms with van der Waals surface area (Å²) in [5.41, 5.74) is 0. The van der Waals surface area contributed by atoms with Crippen LogP contribution in [-0.2, 0) is 55.8 Å². The maximum atomic E-state index is 13.0. The quantitative estimate of drug-likeness (QED) is 0.0146. The number of allylic oxidation sites excluding steroid dienone is 26. The summed E-state index contributed by atoms with van der Waals surface area (Å²) in [7, 11) is -9.81. The van der Waals surface area contributed by atoms with E-state index in [1.54, 1.807) is 0 Å². The van der Waals surface area contributed by atoms with Crippen LogP contribution < -0.4 is 0 Å². The van der Waals surface area contributed by atoms with Crippen molar-refractivity contribution in [1.29, 1.82) is 0 Å². The Kier molecular flexibility index (Phi) is 73.2. The molecule has 0 spiro atoms. The van der Waals surface area contributed by atoms with Gasteiger partial charge in [-0.2, -0.15) is 0 Å². The first-order valence-electron chi connectivity index (χ1n) is 39.8. The summed E-state index contributed by atoms with van der Waals surface area (Å²) in [5, 5.41) is 20.7. The highest BCUT2D eigenvalue weighted by atomic mass is 31.2. The number of phosphoric ester groups is 2. The van der Waals surface area contributed by atoms with Gasteiger partial charge in [-0.25, -0.2) is 9.13 Å². The van der Waals surface area contributed by atoms with Crippen molar-refractivity contribution in [2.75, 3.05) is 39.6 Å². The van der Waals surface area contributed by atoms with Gasteiger partial charge in [0.1, 0.15) is 25.4 Å². The molecule has 0 rings (SSSR count). The van der Waals surface area contributed by atoms with Gasteiger partial charge in [0.2, 0.25) is 0 Å². The molecule has 0 amide bonds. The molecule has 18 heteroatoms. The van der Waals surface area contributed by atoms with Gasteiger partial charge in [-0.1, -0.05) is 294 Å². The third kappa shape index (κ3) is 78.1. The molecule has 16 nitrogen and oxygen atoms in total. The van der Waals surface area contributed by atoms with E-state index >= 15 is 0 Å². The van der Waals surface area contributed by atoms with Crippen molar-refractivity contribution >= 4 is 33.6 Å². The Hall–Kier alpha value is -4.83. The first kappa shape index (κ1) is 98.2. The fourth-order valence-corrected chi connectivity index (χ4v) is 11.8. The molecule has 0 bridgehead atoms. The van der Waals surface area contributed by atoms with Crippen molar-refractivity contribution in [2.45, 2.75) is 322 Å². The van der Waals surface area contributed by atoms with Crippen molar-refractivity contribution in [2.24, 2.45) is 0 Å². The standard InChI is InChI=1S/C85H142O16P2/c1-4-7-10-13-16-19-22-25-28-31-34-36-37-38-39-40-41-43-46-47-50-53-56-59-62-65-68-71-83(88)95-74-80(86)75-97-102(91,92)98-76-81(87)77-99-103(93,94)100-79-82(101-85(90)73-70-67-64-61-58-55-52-49-44-33-30-27-24-21-18-15-12-9-6-3)78-96-84(89)72-69-66-63-60-57-54-51-48-45-42-35-32-29-26-23-20-17-14-11-8-5-2/h7,9-10,12,16-21,25-30,34-36,38-39,42,44,48-49,51,80-82,86-87H,4-6,8,11,13-15,22-24,31-33,37,40-41,43,45-47,50,52-79H2,1-3H3,(H,91,92)(H,93,94)/b10-7-,12-9-,19-16-,20-17-,21-18-,28-25-,29-26-,30-27-,36-34-,39-38-,42-35-,49-44-,51-48-. The summed E-state index contributed by atoms with van der Waals surface area (Å²) >= 11 is 0. The molecule has 103 heavy (non-hydrogen) atoms. The summed E-state index contributed by atoms with van der Waals surface area (Å²) in [4.78, 5) is 58.7. The van der Waals surface area contributed by atoms with Crippen LogP contribution in [0.3, 0.4) is 0 Å². The lowest BCUT2D eigenvalue weighted by molar-refractivity contribution is -0.161. The van der Waals surface area contributed by atoms with Crippen molar-refractivity contribution in [3.63, 3.8) is 0 Å². The molecule has 0 saturated carbocycles. The highest BCUT2D eigenvalue weighted by Gasteiger charge is 2.29. The average Bonchev–Trinajstić information content (AvgIpc) is 0.923. The van der Waals surface area contributed by atoms with Crippen LogP contribution >= 0.6 is 15.6 Å². The van der Waals surface area contributed by atoms with E-state index in [1.807, 2.05) is 0 Å². The van der Waals surface area contributed by atoms with Crippen LogP contribution in [0.5, 0.6) is 0 Å². The minimum absolute atomic E-state index is 0.0789. The number of carbonyl (C=O) groups excluding carboxylic acids is 3. The zero-order valence-electron chi connectivity index (χ0n) is 64.2. The van der Waals surface area contributed by atoms with Gasteiger partial charge >= 0.3 is 33.6 Å². The van der Waals surface area contributed by atoms with Crippen molar-refractivity contribution in [1.82, 2.24) is 0 Å². The highest BCUT2D eigenvalue weighted by molar-refractivity contribution is 7.47. The van der Waals surface area contributed by atoms with Gasteiger partial charge < -0.3 is 34.2 Å². The third-order valence-corrected chi connectivity index (χ3v) is 18.1. The topological polar surface area (TPSA) is 231 Å². The smallest absolute Gasteiger partial charge is 0.463 e. The highest BCUT2D eigenvalue weighted by Crippen LogP contribution is 2.45. The molecule has 0 aromatic carbocycles. The number of esters is 3. The predicted molar refractivity (Wildman–Crippen MR) is 426 cm³/mol. The fraction of sp³-hybridized carbons (Fsp3) is 0.659. The summed E-state index contributed by atoms with van der Waals surface area (Å²) in [6.07, 6.45) is 95.6. The Balaban J connectivity index is 4.66. The number of rotatable bonds is 74. The van der Waals surface area contributed by atoms with Gasteiger partial charge in [0.25, 0.3) is 0 Å². The average molecular weight is 1480 g/mol. The van der Waals surface area contributed by atoms with Crippen LogP contribution in [0.15, 0.2) is 158 Å². The second-order valence-electron chi connectivity index (χ2n) is 26.1. The molecule has 0 radical (unpaired) electrons. The number of aliphatic hydroxyl groups excluding tert-OH is 2. The molecule has 5 atom stereocenters. The van der Waals surface area contributed by atoms with Gasteiger partial charge in [0, 0.05) is 19.3 Å².